The van der Waals surface area contributed by atoms with Gasteiger partial charge in [-0.15, -0.1) is 0 Å². The molecule has 2 heterocycles. The van der Waals surface area contributed by atoms with Crippen molar-refractivity contribution in [3.8, 4) is 11.3 Å². The van der Waals surface area contributed by atoms with Crippen LogP contribution in [0.1, 0.15) is 23.2 Å². The minimum atomic E-state index is -0.217. The standard InChI is InChI=1S/C28H25ClN4O2/c29-20-7-5-18(6-8-20)26-17-24(23-3-1-2-4-25(23)32-26)28(35)31-21-9-11-22(12-10-21)33-15-13-19(14-16-33)27(30)34/h1-12,17,19H,13-16H2,(H2,30,34)(H,31,35). The van der Waals surface area contributed by atoms with Gasteiger partial charge in [0.1, 0.15) is 0 Å². The van der Waals surface area contributed by atoms with E-state index in [1.165, 1.54) is 0 Å². The van der Waals surface area contributed by atoms with Crippen molar-refractivity contribution in [3.63, 3.8) is 0 Å². The molecule has 1 aliphatic rings. The first-order valence-corrected chi connectivity index (χ1v) is 12.0. The highest BCUT2D eigenvalue weighted by molar-refractivity contribution is 6.30. The first-order chi connectivity index (χ1) is 17.0. The summed E-state index contributed by atoms with van der Waals surface area (Å²) < 4.78 is 0. The van der Waals surface area contributed by atoms with Gasteiger partial charge in [-0.05, 0) is 61.4 Å². The van der Waals surface area contributed by atoms with Gasteiger partial charge in [-0.1, -0.05) is 41.9 Å². The molecule has 0 bridgehead atoms. The average molecular weight is 485 g/mol. The molecule has 3 aromatic carbocycles. The van der Waals surface area contributed by atoms with E-state index in [0.717, 1.165) is 48.1 Å². The minimum Gasteiger partial charge on any atom is -0.371 e. The molecule has 35 heavy (non-hydrogen) atoms. The molecule has 0 saturated carbocycles. The highest BCUT2D eigenvalue weighted by atomic mass is 35.5. The van der Waals surface area contributed by atoms with Gasteiger partial charge in [0, 0.05) is 46.4 Å². The average Bonchev–Trinajstić information content (AvgIpc) is 2.89. The van der Waals surface area contributed by atoms with Crippen molar-refractivity contribution >= 4 is 45.7 Å². The number of nitrogens with zero attached hydrogens (tertiary/aromatic N) is 2. The fraction of sp³-hybridized carbons (Fsp3) is 0.179. The Bertz CT molecular complexity index is 1380. The number of pyridine rings is 1. The van der Waals surface area contributed by atoms with Crippen molar-refractivity contribution in [2.24, 2.45) is 11.7 Å². The number of carbonyl (C=O) groups is 2. The number of nitrogens with two attached hydrogens (primary N) is 1. The van der Waals surface area contributed by atoms with Gasteiger partial charge in [0.15, 0.2) is 0 Å². The Balaban J connectivity index is 1.37. The predicted molar refractivity (Wildman–Crippen MR) is 141 cm³/mol. The van der Waals surface area contributed by atoms with E-state index < -0.39 is 0 Å². The summed E-state index contributed by atoms with van der Waals surface area (Å²) >= 11 is 6.04. The molecule has 4 aromatic rings. The first-order valence-electron chi connectivity index (χ1n) is 11.6. The van der Waals surface area contributed by atoms with E-state index in [2.05, 4.69) is 10.2 Å². The number of halogens is 1. The third kappa shape index (κ3) is 4.98. The Morgan fingerprint density at radius 2 is 1.63 bits per heavy atom. The fourth-order valence-electron chi connectivity index (χ4n) is 4.51. The molecular formula is C28H25ClN4O2. The smallest absolute Gasteiger partial charge is 0.256 e. The molecule has 2 amide bonds. The monoisotopic (exact) mass is 484 g/mol. The topological polar surface area (TPSA) is 88.3 Å². The van der Waals surface area contributed by atoms with Crippen molar-refractivity contribution in [1.82, 2.24) is 4.98 Å². The SMILES string of the molecule is NC(=O)C1CCN(c2ccc(NC(=O)c3cc(-c4ccc(Cl)cc4)nc4ccccc34)cc2)CC1. The number of hydrogen-bond acceptors (Lipinski definition) is 4. The van der Waals surface area contributed by atoms with Crippen molar-refractivity contribution in [2.45, 2.75) is 12.8 Å². The summed E-state index contributed by atoms with van der Waals surface area (Å²) in [6.07, 6.45) is 1.53. The number of aromatic nitrogens is 1. The van der Waals surface area contributed by atoms with E-state index in [0.29, 0.717) is 22.0 Å². The lowest BCUT2D eigenvalue weighted by atomic mass is 9.96. The molecule has 0 atom stereocenters. The van der Waals surface area contributed by atoms with Crippen LogP contribution in [-0.2, 0) is 4.79 Å². The molecular weight excluding hydrogens is 460 g/mol. The Kier molecular flexibility index (Phi) is 6.38. The zero-order chi connectivity index (χ0) is 24.4. The maximum absolute atomic E-state index is 13.3. The summed E-state index contributed by atoms with van der Waals surface area (Å²) in [4.78, 5) is 31.7. The number of hydrogen-bond donors (Lipinski definition) is 2. The molecule has 0 spiro atoms. The lowest BCUT2D eigenvalue weighted by Gasteiger charge is -2.32. The largest absolute Gasteiger partial charge is 0.371 e. The molecule has 1 saturated heterocycles. The van der Waals surface area contributed by atoms with Gasteiger partial charge in [0.2, 0.25) is 5.91 Å². The maximum atomic E-state index is 13.3. The summed E-state index contributed by atoms with van der Waals surface area (Å²) in [6, 6.07) is 24.6. The number of carbonyl (C=O) groups excluding carboxylic acids is 2. The van der Waals surface area contributed by atoms with Gasteiger partial charge < -0.3 is 16.0 Å². The van der Waals surface area contributed by atoms with Crippen LogP contribution in [-0.4, -0.2) is 29.9 Å². The molecule has 1 aliphatic heterocycles. The molecule has 1 aromatic heterocycles. The van der Waals surface area contributed by atoms with Gasteiger partial charge in [-0.3, -0.25) is 9.59 Å². The molecule has 1 fully saturated rings. The second kappa shape index (κ2) is 9.76. The van der Waals surface area contributed by atoms with Crippen LogP contribution < -0.4 is 16.0 Å². The Labute approximate surface area is 208 Å². The predicted octanol–water partition coefficient (Wildman–Crippen LogP) is 5.51. The first kappa shape index (κ1) is 22.9. The highest BCUT2D eigenvalue weighted by Gasteiger charge is 2.23. The number of primary amides is 1. The van der Waals surface area contributed by atoms with Crippen molar-refractivity contribution in [1.29, 1.82) is 0 Å². The normalized spacial score (nSPS) is 14.1. The molecule has 0 unspecified atom stereocenters. The molecule has 0 radical (unpaired) electrons. The van der Waals surface area contributed by atoms with Gasteiger partial charge >= 0.3 is 0 Å². The van der Waals surface area contributed by atoms with Crippen LogP contribution in [0.15, 0.2) is 78.9 Å². The van der Waals surface area contributed by atoms with E-state index in [4.69, 9.17) is 22.3 Å². The van der Waals surface area contributed by atoms with Crippen molar-refractivity contribution < 1.29 is 9.59 Å². The van der Waals surface area contributed by atoms with Crippen molar-refractivity contribution in [3.05, 3.63) is 89.4 Å². The minimum absolute atomic E-state index is 0.0437. The number of para-hydroxylation sites is 1. The van der Waals surface area contributed by atoms with E-state index in [-0.39, 0.29) is 17.7 Å². The van der Waals surface area contributed by atoms with Gasteiger partial charge in [0.05, 0.1) is 16.8 Å². The number of nitrogens with one attached hydrogen (secondary N) is 1. The lowest BCUT2D eigenvalue weighted by Crippen LogP contribution is -2.38. The van der Waals surface area contributed by atoms with E-state index in [1.807, 2.05) is 78.9 Å². The Morgan fingerprint density at radius 1 is 0.943 bits per heavy atom. The maximum Gasteiger partial charge on any atom is 0.256 e. The van der Waals surface area contributed by atoms with Crippen LogP contribution in [0.25, 0.3) is 22.2 Å². The summed E-state index contributed by atoms with van der Waals surface area (Å²) in [5.41, 5.74) is 10.1. The third-order valence-electron chi connectivity index (χ3n) is 6.49. The second-order valence-corrected chi connectivity index (χ2v) is 9.18. The van der Waals surface area contributed by atoms with Gasteiger partial charge in [-0.25, -0.2) is 4.98 Å². The number of piperidine rings is 1. The lowest BCUT2D eigenvalue weighted by molar-refractivity contribution is -0.122. The summed E-state index contributed by atoms with van der Waals surface area (Å²) in [7, 11) is 0. The van der Waals surface area contributed by atoms with Crippen LogP contribution in [0.3, 0.4) is 0 Å². The number of benzene rings is 3. The third-order valence-corrected chi connectivity index (χ3v) is 6.74. The van der Waals surface area contributed by atoms with E-state index >= 15 is 0 Å². The van der Waals surface area contributed by atoms with E-state index in [9.17, 15) is 9.59 Å². The Hall–Kier alpha value is -3.90. The number of rotatable bonds is 5. The van der Waals surface area contributed by atoms with Crippen LogP contribution in [0.2, 0.25) is 5.02 Å². The zero-order valence-corrected chi connectivity index (χ0v) is 19.8. The van der Waals surface area contributed by atoms with Gasteiger partial charge in [0.25, 0.3) is 5.91 Å². The van der Waals surface area contributed by atoms with Crippen LogP contribution in [0.5, 0.6) is 0 Å². The molecule has 6 nitrogen and oxygen atoms in total. The Morgan fingerprint density at radius 3 is 2.31 bits per heavy atom. The molecule has 7 heteroatoms. The van der Waals surface area contributed by atoms with Crippen molar-refractivity contribution in [2.75, 3.05) is 23.3 Å². The quantitative estimate of drug-likeness (QED) is 0.391. The van der Waals surface area contributed by atoms with Gasteiger partial charge in [-0.2, -0.15) is 0 Å². The molecule has 5 rings (SSSR count). The fourth-order valence-corrected chi connectivity index (χ4v) is 4.63. The summed E-state index contributed by atoms with van der Waals surface area (Å²) in [6.45, 7) is 1.57. The number of fused-ring (bicyclic) bond motifs is 1. The summed E-state index contributed by atoms with van der Waals surface area (Å²) in [5, 5.41) is 4.46. The second-order valence-electron chi connectivity index (χ2n) is 8.74. The molecule has 0 aliphatic carbocycles. The molecule has 176 valence electrons. The van der Waals surface area contributed by atoms with Crippen LogP contribution >= 0.6 is 11.6 Å². The van der Waals surface area contributed by atoms with Crippen LogP contribution in [0.4, 0.5) is 11.4 Å². The van der Waals surface area contributed by atoms with E-state index in [1.54, 1.807) is 0 Å². The highest BCUT2D eigenvalue weighted by Crippen LogP contribution is 2.28. The number of anilines is 2. The number of amides is 2. The van der Waals surface area contributed by atoms with Crippen LogP contribution in [0, 0.1) is 5.92 Å². The zero-order valence-electron chi connectivity index (χ0n) is 19.1. The summed E-state index contributed by atoms with van der Waals surface area (Å²) in [5.74, 6) is -0.461. The molecule has 3 N–H and O–H groups in total.